The molecule has 9 nitrogen and oxygen atoms in total. The van der Waals surface area contributed by atoms with Gasteiger partial charge in [0.05, 0.1) is 20.3 Å². The van der Waals surface area contributed by atoms with Crippen LogP contribution in [-0.2, 0) is 16.1 Å². The summed E-state index contributed by atoms with van der Waals surface area (Å²) in [6.07, 6.45) is 1.49. The number of ether oxygens (including phenoxy) is 3. The summed E-state index contributed by atoms with van der Waals surface area (Å²) in [5.41, 5.74) is 2.77. The number of nitriles is 1. The number of amides is 1. The second kappa shape index (κ2) is 11.5. The van der Waals surface area contributed by atoms with E-state index in [1.807, 2.05) is 36.1 Å². The van der Waals surface area contributed by atoms with Crippen LogP contribution in [0.5, 0.6) is 11.5 Å². The largest absolute Gasteiger partial charge is 0.493 e. The predicted molar refractivity (Wildman–Crippen MR) is 134 cm³/mol. The van der Waals surface area contributed by atoms with Crippen LogP contribution in [0.2, 0.25) is 0 Å². The minimum Gasteiger partial charge on any atom is -0.493 e. The second-order valence-corrected chi connectivity index (χ2v) is 8.76. The molecule has 1 amide bonds. The third kappa shape index (κ3) is 6.35. The number of hydrogen-bond donors (Lipinski definition) is 1. The minimum absolute atomic E-state index is 0.0661. The van der Waals surface area contributed by atoms with Gasteiger partial charge in [0, 0.05) is 13.1 Å². The van der Waals surface area contributed by atoms with Gasteiger partial charge in [-0.2, -0.15) is 5.26 Å². The molecule has 1 N–H and O–H groups in total. The highest BCUT2D eigenvalue weighted by atomic mass is 32.1. The summed E-state index contributed by atoms with van der Waals surface area (Å²) in [4.78, 5) is 14.7. The highest BCUT2D eigenvalue weighted by molar-refractivity contribution is 7.19. The van der Waals surface area contributed by atoms with Gasteiger partial charge in [0.2, 0.25) is 10.3 Å². The molecule has 0 radical (unpaired) electrons. The van der Waals surface area contributed by atoms with Gasteiger partial charge in [0.15, 0.2) is 11.5 Å². The Balaban J connectivity index is 1.43. The van der Waals surface area contributed by atoms with E-state index in [2.05, 4.69) is 21.6 Å². The average molecular weight is 492 g/mol. The maximum absolute atomic E-state index is 12.7. The molecule has 0 saturated carbocycles. The molecule has 10 heteroatoms. The third-order valence-corrected chi connectivity index (χ3v) is 6.16. The van der Waals surface area contributed by atoms with Crippen LogP contribution in [0, 0.1) is 18.3 Å². The van der Waals surface area contributed by atoms with E-state index in [4.69, 9.17) is 14.2 Å². The van der Waals surface area contributed by atoms with Crippen LogP contribution in [0.1, 0.15) is 16.7 Å². The maximum atomic E-state index is 12.7. The SMILES string of the molecule is COc1cc(/C=C(/C#N)C(=O)Nc2nnc(N3CCOCC3)s2)ccc1OCc1cccc(C)c1. The predicted octanol–water partition coefficient (Wildman–Crippen LogP) is 3.82. The fraction of sp³-hybridized carbons (Fsp3) is 0.280. The minimum atomic E-state index is -0.559. The van der Waals surface area contributed by atoms with E-state index in [9.17, 15) is 10.1 Å². The highest BCUT2D eigenvalue weighted by Gasteiger charge is 2.18. The van der Waals surface area contributed by atoms with Gasteiger partial charge in [-0.15, -0.1) is 10.2 Å². The van der Waals surface area contributed by atoms with Gasteiger partial charge in [-0.25, -0.2) is 0 Å². The van der Waals surface area contributed by atoms with Gasteiger partial charge in [-0.1, -0.05) is 47.2 Å². The van der Waals surface area contributed by atoms with E-state index in [0.29, 0.717) is 47.1 Å². The number of morpholine rings is 1. The molecule has 1 saturated heterocycles. The summed E-state index contributed by atoms with van der Waals surface area (Å²) in [5, 5.41) is 21.4. The molecular weight excluding hydrogens is 466 g/mol. The molecule has 1 fully saturated rings. The van der Waals surface area contributed by atoms with E-state index in [0.717, 1.165) is 24.2 Å². The Morgan fingerprint density at radius 2 is 2.06 bits per heavy atom. The third-order valence-electron chi connectivity index (χ3n) is 5.26. The lowest BCUT2D eigenvalue weighted by Gasteiger charge is -2.25. The Morgan fingerprint density at radius 1 is 1.23 bits per heavy atom. The topological polar surface area (TPSA) is 110 Å². The van der Waals surface area contributed by atoms with Crippen molar-refractivity contribution in [2.24, 2.45) is 0 Å². The smallest absolute Gasteiger partial charge is 0.268 e. The Kier molecular flexibility index (Phi) is 7.92. The fourth-order valence-electron chi connectivity index (χ4n) is 3.48. The lowest BCUT2D eigenvalue weighted by molar-refractivity contribution is -0.112. The number of anilines is 2. The summed E-state index contributed by atoms with van der Waals surface area (Å²) in [6, 6.07) is 15.3. The first-order chi connectivity index (χ1) is 17.1. The van der Waals surface area contributed by atoms with E-state index >= 15 is 0 Å². The standard InChI is InChI=1S/C25H25N5O4S/c1-17-4-3-5-19(12-17)16-34-21-7-6-18(14-22(21)32-2)13-20(15-26)23(31)27-24-28-29-25(35-24)30-8-10-33-11-9-30/h3-7,12-14H,8-11,16H2,1-2H3,(H,27,28,31)/b20-13-. The first-order valence-electron chi connectivity index (χ1n) is 11.0. The molecule has 1 aliphatic rings. The molecule has 180 valence electrons. The molecule has 1 aromatic heterocycles. The van der Waals surface area contributed by atoms with Crippen LogP contribution in [0.3, 0.4) is 0 Å². The quantitative estimate of drug-likeness (QED) is 0.374. The molecule has 0 aliphatic carbocycles. The number of nitrogens with zero attached hydrogens (tertiary/aromatic N) is 4. The van der Waals surface area contributed by atoms with Gasteiger partial charge < -0.3 is 19.1 Å². The van der Waals surface area contributed by atoms with Crippen molar-refractivity contribution in [2.75, 3.05) is 43.6 Å². The number of rotatable bonds is 8. The van der Waals surface area contributed by atoms with Crippen LogP contribution in [0.4, 0.5) is 10.3 Å². The number of nitrogens with one attached hydrogen (secondary N) is 1. The summed E-state index contributed by atoms with van der Waals surface area (Å²) in [7, 11) is 1.54. The van der Waals surface area contributed by atoms with Crippen LogP contribution < -0.4 is 19.7 Å². The summed E-state index contributed by atoms with van der Waals surface area (Å²) in [5.74, 6) is 0.512. The second-order valence-electron chi connectivity index (χ2n) is 7.80. The Bertz CT molecular complexity index is 1260. The molecule has 0 atom stereocenters. The van der Waals surface area contributed by atoms with Crippen LogP contribution in [-0.4, -0.2) is 49.5 Å². The Labute approximate surface area is 207 Å². The number of benzene rings is 2. The first kappa shape index (κ1) is 24.2. The van der Waals surface area contributed by atoms with Crippen molar-refractivity contribution in [3.63, 3.8) is 0 Å². The number of hydrogen-bond acceptors (Lipinski definition) is 9. The van der Waals surface area contributed by atoms with Crippen molar-refractivity contribution in [3.8, 4) is 17.6 Å². The van der Waals surface area contributed by atoms with Crippen molar-refractivity contribution < 1.29 is 19.0 Å². The average Bonchev–Trinajstić information content (AvgIpc) is 3.35. The molecule has 35 heavy (non-hydrogen) atoms. The molecule has 4 rings (SSSR count). The van der Waals surface area contributed by atoms with E-state index in [1.54, 1.807) is 25.3 Å². The van der Waals surface area contributed by atoms with Gasteiger partial charge in [0.1, 0.15) is 18.2 Å². The van der Waals surface area contributed by atoms with Gasteiger partial charge >= 0.3 is 0 Å². The van der Waals surface area contributed by atoms with Crippen molar-refractivity contribution in [1.82, 2.24) is 10.2 Å². The van der Waals surface area contributed by atoms with Gasteiger partial charge in [0.25, 0.3) is 5.91 Å². The van der Waals surface area contributed by atoms with Crippen molar-refractivity contribution in [2.45, 2.75) is 13.5 Å². The monoisotopic (exact) mass is 491 g/mol. The van der Waals surface area contributed by atoms with Gasteiger partial charge in [-0.05, 0) is 36.3 Å². The Morgan fingerprint density at radius 3 is 2.80 bits per heavy atom. The van der Waals surface area contributed by atoms with Crippen LogP contribution >= 0.6 is 11.3 Å². The zero-order chi connectivity index (χ0) is 24.6. The molecular formula is C25H25N5O4S. The normalized spacial score (nSPS) is 13.7. The number of carbonyl (C=O) groups excluding carboxylic acids is 1. The first-order valence-corrected chi connectivity index (χ1v) is 11.8. The Hall–Kier alpha value is -3.94. The molecule has 0 unspecified atom stereocenters. The van der Waals surface area contributed by atoms with Gasteiger partial charge in [-0.3, -0.25) is 10.1 Å². The fourth-order valence-corrected chi connectivity index (χ4v) is 4.28. The molecule has 0 spiro atoms. The number of methoxy groups -OCH3 is 1. The van der Waals surface area contributed by atoms with E-state index < -0.39 is 5.91 Å². The van der Waals surface area contributed by atoms with Crippen LogP contribution in [0.15, 0.2) is 48.0 Å². The molecule has 2 heterocycles. The van der Waals surface area contributed by atoms with Crippen molar-refractivity contribution in [1.29, 1.82) is 5.26 Å². The summed E-state index contributed by atoms with van der Waals surface area (Å²) >= 11 is 1.26. The molecule has 2 aromatic carbocycles. The molecule has 0 bridgehead atoms. The van der Waals surface area contributed by atoms with Crippen molar-refractivity contribution in [3.05, 3.63) is 64.7 Å². The number of aromatic nitrogens is 2. The summed E-state index contributed by atoms with van der Waals surface area (Å²) < 4.78 is 16.7. The molecule has 1 aliphatic heterocycles. The summed E-state index contributed by atoms with van der Waals surface area (Å²) in [6.45, 7) is 5.12. The van der Waals surface area contributed by atoms with Crippen molar-refractivity contribution >= 4 is 33.6 Å². The van der Waals surface area contributed by atoms with E-state index in [1.165, 1.54) is 17.4 Å². The zero-order valence-electron chi connectivity index (χ0n) is 19.5. The number of aryl methyl sites for hydroxylation is 1. The van der Waals surface area contributed by atoms with E-state index in [-0.39, 0.29) is 5.57 Å². The maximum Gasteiger partial charge on any atom is 0.268 e. The highest BCUT2D eigenvalue weighted by Crippen LogP contribution is 2.30. The number of carbonyl (C=O) groups is 1. The lowest BCUT2D eigenvalue weighted by Crippen LogP contribution is -2.36. The molecule has 3 aromatic rings. The zero-order valence-corrected chi connectivity index (χ0v) is 20.3. The van der Waals surface area contributed by atoms with Crippen LogP contribution in [0.25, 0.3) is 6.08 Å². The lowest BCUT2D eigenvalue weighted by atomic mass is 10.1.